The minimum absolute atomic E-state index is 0.0506. The Bertz CT molecular complexity index is 1410. The van der Waals surface area contributed by atoms with Gasteiger partial charge in [0, 0.05) is 34.7 Å². The van der Waals surface area contributed by atoms with Crippen LogP contribution >= 0.6 is 11.3 Å². The molecule has 2 aromatic heterocycles. The number of benzene rings is 2. The summed E-state index contributed by atoms with van der Waals surface area (Å²) in [6, 6.07) is 16.5. The quantitative estimate of drug-likeness (QED) is 0.517. The molecule has 2 amide bonds. The van der Waals surface area contributed by atoms with E-state index in [1.54, 1.807) is 29.2 Å². The molecule has 0 atom stereocenters. The second-order valence-electron chi connectivity index (χ2n) is 7.64. The summed E-state index contributed by atoms with van der Waals surface area (Å²) in [5.41, 5.74) is 5.11. The van der Waals surface area contributed by atoms with Crippen LogP contribution in [0.4, 0.5) is 5.69 Å². The van der Waals surface area contributed by atoms with Crippen LogP contribution in [0.15, 0.2) is 65.7 Å². The van der Waals surface area contributed by atoms with Gasteiger partial charge in [0.25, 0.3) is 11.5 Å². The number of aryl methyl sites for hydroxylation is 1. The highest BCUT2D eigenvalue weighted by Gasteiger charge is 2.23. The SMILES string of the molecule is Cc1sc2ncn(NC(=O)c3cccc(N4CCCC4=O)c3)c(=O)c2c1-c1ccccc1. The highest BCUT2D eigenvalue weighted by molar-refractivity contribution is 7.19. The van der Waals surface area contributed by atoms with Gasteiger partial charge in [0.05, 0.1) is 5.39 Å². The Kier molecular flexibility index (Phi) is 5.07. The molecule has 32 heavy (non-hydrogen) atoms. The molecule has 1 aliphatic rings. The zero-order chi connectivity index (χ0) is 22.2. The molecule has 0 unspecified atom stereocenters. The molecule has 4 aromatic rings. The van der Waals surface area contributed by atoms with Crippen molar-refractivity contribution in [1.29, 1.82) is 0 Å². The van der Waals surface area contributed by atoms with Crippen LogP contribution in [0.3, 0.4) is 0 Å². The molecule has 5 rings (SSSR count). The summed E-state index contributed by atoms with van der Waals surface area (Å²) in [6.07, 6.45) is 2.66. The van der Waals surface area contributed by atoms with Crippen molar-refractivity contribution in [3.05, 3.63) is 81.7 Å². The Morgan fingerprint density at radius 3 is 2.66 bits per heavy atom. The van der Waals surface area contributed by atoms with E-state index in [1.165, 1.54) is 17.7 Å². The molecule has 0 radical (unpaired) electrons. The number of nitrogens with zero attached hydrogens (tertiary/aromatic N) is 3. The first-order valence-electron chi connectivity index (χ1n) is 10.3. The molecular weight excluding hydrogens is 424 g/mol. The van der Waals surface area contributed by atoms with Crippen molar-refractivity contribution < 1.29 is 9.59 Å². The van der Waals surface area contributed by atoms with Gasteiger partial charge in [-0.25, -0.2) is 9.66 Å². The Balaban J connectivity index is 1.50. The average Bonchev–Trinajstić information content (AvgIpc) is 3.39. The third kappa shape index (κ3) is 3.48. The van der Waals surface area contributed by atoms with Crippen molar-refractivity contribution in [1.82, 2.24) is 9.66 Å². The number of anilines is 1. The molecular formula is C24H20N4O3S. The lowest BCUT2D eigenvalue weighted by Gasteiger charge is -2.16. The number of nitrogens with one attached hydrogen (secondary N) is 1. The number of amides is 2. The van der Waals surface area contributed by atoms with Gasteiger partial charge in [-0.15, -0.1) is 11.3 Å². The van der Waals surface area contributed by atoms with E-state index in [9.17, 15) is 14.4 Å². The highest BCUT2D eigenvalue weighted by atomic mass is 32.1. The average molecular weight is 445 g/mol. The van der Waals surface area contributed by atoms with Crippen LogP contribution in [0.1, 0.15) is 28.1 Å². The Morgan fingerprint density at radius 2 is 1.91 bits per heavy atom. The number of hydrogen-bond donors (Lipinski definition) is 1. The summed E-state index contributed by atoms with van der Waals surface area (Å²) in [4.78, 5) is 45.9. The lowest BCUT2D eigenvalue weighted by Crippen LogP contribution is -2.33. The van der Waals surface area contributed by atoms with Crippen molar-refractivity contribution in [2.24, 2.45) is 0 Å². The normalized spacial score (nSPS) is 13.7. The maximum absolute atomic E-state index is 13.3. The molecule has 1 N–H and O–H groups in total. The molecule has 3 heterocycles. The fourth-order valence-corrected chi connectivity index (χ4v) is 5.05. The van der Waals surface area contributed by atoms with E-state index in [2.05, 4.69) is 10.4 Å². The molecule has 2 aromatic carbocycles. The fraction of sp³-hybridized carbons (Fsp3) is 0.167. The lowest BCUT2D eigenvalue weighted by molar-refractivity contribution is -0.117. The third-order valence-electron chi connectivity index (χ3n) is 5.57. The molecule has 0 bridgehead atoms. The lowest BCUT2D eigenvalue weighted by atomic mass is 10.0. The van der Waals surface area contributed by atoms with Crippen LogP contribution in [-0.4, -0.2) is 28.0 Å². The number of carbonyl (C=O) groups is 2. The molecule has 0 saturated carbocycles. The first-order chi connectivity index (χ1) is 15.5. The number of hydrogen-bond acceptors (Lipinski definition) is 5. The maximum atomic E-state index is 13.3. The van der Waals surface area contributed by atoms with E-state index in [4.69, 9.17) is 0 Å². The number of rotatable bonds is 4. The fourth-order valence-electron chi connectivity index (χ4n) is 4.04. The van der Waals surface area contributed by atoms with Gasteiger partial charge >= 0.3 is 0 Å². The topological polar surface area (TPSA) is 84.3 Å². The first kappa shape index (κ1) is 20.1. The van der Waals surface area contributed by atoms with E-state index >= 15 is 0 Å². The Hall–Kier alpha value is -3.78. The number of aromatic nitrogens is 2. The zero-order valence-electron chi connectivity index (χ0n) is 17.4. The van der Waals surface area contributed by atoms with E-state index in [-0.39, 0.29) is 11.5 Å². The van der Waals surface area contributed by atoms with Gasteiger partial charge in [-0.05, 0) is 37.1 Å². The summed E-state index contributed by atoms with van der Waals surface area (Å²) in [6.45, 7) is 2.60. The molecule has 0 spiro atoms. The minimum atomic E-state index is -0.449. The Labute approximate surface area is 187 Å². The van der Waals surface area contributed by atoms with Crippen molar-refractivity contribution in [2.75, 3.05) is 16.9 Å². The van der Waals surface area contributed by atoms with E-state index in [1.807, 2.05) is 37.3 Å². The number of carbonyl (C=O) groups excluding carboxylic acids is 2. The molecule has 1 fully saturated rings. The largest absolute Gasteiger partial charge is 0.312 e. The maximum Gasteiger partial charge on any atom is 0.281 e. The molecule has 1 aliphatic heterocycles. The number of thiophene rings is 1. The minimum Gasteiger partial charge on any atom is -0.312 e. The van der Waals surface area contributed by atoms with E-state index in [0.29, 0.717) is 34.4 Å². The van der Waals surface area contributed by atoms with Gasteiger partial charge in [-0.3, -0.25) is 19.8 Å². The van der Waals surface area contributed by atoms with Crippen LogP contribution in [0.2, 0.25) is 0 Å². The van der Waals surface area contributed by atoms with Gasteiger partial charge in [0.15, 0.2) is 0 Å². The third-order valence-corrected chi connectivity index (χ3v) is 6.58. The summed E-state index contributed by atoms with van der Waals surface area (Å²) < 4.78 is 1.12. The highest BCUT2D eigenvalue weighted by Crippen LogP contribution is 2.35. The standard InChI is InChI=1S/C24H20N4O3S/c1-15-20(16-7-3-2-4-8-16)21-23(32-15)25-14-28(24(21)31)26-22(30)17-9-5-10-18(13-17)27-12-6-11-19(27)29/h2-5,7-10,13-14H,6,11-12H2,1H3,(H,26,30). The monoisotopic (exact) mass is 444 g/mol. The first-order valence-corrected chi connectivity index (χ1v) is 11.1. The van der Waals surface area contributed by atoms with Gasteiger partial charge < -0.3 is 4.90 Å². The second kappa shape index (κ2) is 8.05. The van der Waals surface area contributed by atoms with Gasteiger partial charge in [-0.2, -0.15) is 0 Å². The van der Waals surface area contributed by atoms with E-state index in [0.717, 1.165) is 27.1 Å². The molecule has 0 aliphatic carbocycles. The molecule has 1 saturated heterocycles. The second-order valence-corrected chi connectivity index (χ2v) is 8.84. The van der Waals surface area contributed by atoms with Crippen LogP contribution in [-0.2, 0) is 4.79 Å². The summed E-state index contributed by atoms with van der Waals surface area (Å²) in [5.74, 6) is -0.398. The van der Waals surface area contributed by atoms with Gasteiger partial charge in [0.1, 0.15) is 11.2 Å². The number of fused-ring (bicyclic) bond motifs is 1. The van der Waals surface area contributed by atoms with Crippen molar-refractivity contribution in [3.8, 4) is 11.1 Å². The van der Waals surface area contributed by atoms with Gasteiger partial charge in [-0.1, -0.05) is 36.4 Å². The van der Waals surface area contributed by atoms with Crippen molar-refractivity contribution in [2.45, 2.75) is 19.8 Å². The van der Waals surface area contributed by atoms with Crippen LogP contribution in [0.25, 0.3) is 21.3 Å². The molecule has 8 heteroatoms. The molecule has 7 nitrogen and oxygen atoms in total. The van der Waals surface area contributed by atoms with Crippen LogP contribution < -0.4 is 15.9 Å². The Morgan fingerprint density at radius 1 is 1.09 bits per heavy atom. The van der Waals surface area contributed by atoms with Gasteiger partial charge in [0.2, 0.25) is 5.91 Å². The van der Waals surface area contributed by atoms with E-state index < -0.39 is 5.91 Å². The predicted molar refractivity (Wildman–Crippen MR) is 126 cm³/mol. The van der Waals surface area contributed by atoms with Crippen molar-refractivity contribution in [3.63, 3.8) is 0 Å². The van der Waals surface area contributed by atoms with Crippen LogP contribution in [0.5, 0.6) is 0 Å². The summed E-state index contributed by atoms with van der Waals surface area (Å²) >= 11 is 1.45. The summed E-state index contributed by atoms with van der Waals surface area (Å²) in [5, 5.41) is 0.484. The smallest absolute Gasteiger partial charge is 0.281 e. The van der Waals surface area contributed by atoms with Crippen molar-refractivity contribution >= 4 is 39.1 Å². The predicted octanol–water partition coefficient (Wildman–Crippen LogP) is 3.94. The molecule has 160 valence electrons. The van der Waals surface area contributed by atoms with Crippen LogP contribution in [0, 0.1) is 6.92 Å². The summed E-state index contributed by atoms with van der Waals surface area (Å²) in [7, 11) is 0. The zero-order valence-corrected chi connectivity index (χ0v) is 18.2.